The minimum Gasteiger partial charge on any atom is -0.374 e. The SMILES string of the molecule is NNc1ccc(C(=O)N2CCOC3CCCC32)cc1. The number of carbonyl (C=O) groups excluding carboxylic acids is 1. The quantitative estimate of drug-likeness (QED) is 0.623. The van der Waals surface area contributed by atoms with Crippen LogP contribution in [0.5, 0.6) is 0 Å². The zero-order chi connectivity index (χ0) is 13.2. The van der Waals surface area contributed by atoms with Crippen molar-refractivity contribution in [1.82, 2.24) is 4.90 Å². The topological polar surface area (TPSA) is 67.6 Å². The maximum absolute atomic E-state index is 12.6. The Labute approximate surface area is 112 Å². The summed E-state index contributed by atoms with van der Waals surface area (Å²) >= 11 is 0. The number of nitrogens with two attached hydrogens (primary N) is 1. The number of nitrogens with one attached hydrogen (secondary N) is 1. The predicted octanol–water partition coefficient (Wildman–Crippen LogP) is 1.37. The van der Waals surface area contributed by atoms with Gasteiger partial charge in [-0.05, 0) is 43.5 Å². The van der Waals surface area contributed by atoms with Crippen molar-refractivity contribution in [3.8, 4) is 0 Å². The Morgan fingerprint density at radius 1 is 1.32 bits per heavy atom. The molecule has 3 N–H and O–H groups in total. The van der Waals surface area contributed by atoms with Gasteiger partial charge < -0.3 is 15.1 Å². The number of morpholine rings is 1. The molecule has 3 rings (SSSR count). The highest BCUT2D eigenvalue weighted by Crippen LogP contribution is 2.30. The lowest BCUT2D eigenvalue weighted by Gasteiger charge is -2.37. The third-order valence-corrected chi connectivity index (χ3v) is 4.04. The molecule has 1 heterocycles. The van der Waals surface area contributed by atoms with Crippen LogP contribution in [0.15, 0.2) is 24.3 Å². The molecule has 19 heavy (non-hydrogen) atoms. The predicted molar refractivity (Wildman–Crippen MR) is 72.7 cm³/mol. The number of nitrogens with zero attached hydrogens (tertiary/aromatic N) is 1. The number of benzene rings is 1. The van der Waals surface area contributed by atoms with Crippen LogP contribution in [0.4, 0.5) is 5.69 Å². The minimum atomic E-state index is 0.101. The summed E-state index contributed by atoms with van der Waals surface area (Å²) < 4.78 is 5.73. The Kier molecular flexibility index (Phi) is 3.40. The fourth-order valence-corrected chi connectivity index (χ4v) is 3.05. The number of fused-ring (bicyclic) bond motifs is 1. The van der Waals surface area contributed by atoms with Gasteiger partial charge in [-0.1, -0.05) is 0 Å². The van der Waals surface area contributed by atoms with E-state index in [-0.39, 0.29) is 18.1 Å². The summed E-state index contributed by atoms with van der Waals surface area (Å²) in [6.45, 7) is 1.34. The van der Waals surface area contributed by atoms with Crippen LogP contribution in [0.1, 0.15) is 29.6 Å². The summed E-state index contributed by atoms with van der Waals surface area (Å²) in [7, 11) is 0. The maximum Gasteiger partial charge on any atom is 0.254 e. The van der Waals surface area contributed by atoms with Gasteiger partial charge in [0.2, 0.25) is 0 Å². The Morgan fingerprint density at radius 2 is 2.11 bits per heavy atom. The molecule has 1 aromatic rings. The summed E-state index contributed by atoms with van der Waals surface area (Å²) in [4.78, 5) is 14.5. The first kappa shape index (κ1) is 12.4. The molecule has 5 nitrogen and oxygen atoms in total. The van der Waals surface area contributed by atoms with E-state index in [1.807, 2.05) is 29.2 Å². The van der Waals surface area contributed by atoms with Gasteiger partial charge in [-0.2, -0.15) is 0 Å². The van der Waals surface area contributed by atoms with E-state index in [0.717, 1.165) is 24.9 Å². The maximum atomic E-state index is 12.6. The van der Waals surface area contributed by atoms with E-state index < -0.39 is 0 Å². The van der Waals surface area contributed by atoms with Gasteiger partial charge in [-0.3, -0.25) is 10.6 Å². The van der Waals surface area contributed by atoms with Crippen molar-refractivity contribution in [2.24, 2.45) is 5.84 Å². The lowest BCUT2D eigenvalue weighted by molar-refractivity contribution is -0.0445. The van der Waals surface area contributed by atoms with Gasteiger partial charge in [0.05, 0.1) is 18.8 Å². The van der Waals surface area contributed by atoms with E-state index >= 15 is 0 Å². The van der Waals surface area contributed by atoms with E-state index in [0.29, 0.717) is 18.7 Å². The van der Waals surface area contributed by atoms with Gasteiger partial charge in [-0.25, -0.2) is 0 Å². The van der Waals surface area contributed by atoms with Gasteiger partial charge in [0.15, 0.2) is 0 Å². The Hall–Kier alpha value is -1.59. The molecule has 0 aromatic heterocycles. The van der Waals surface area contributed by atoms with Gasteiger partial charge >= 0.3 is 0 Å². The molecule has 2 aliphatic rings. The van der Waals surface area contributed by atoms with Crippen molar-refractivity contribution in [2.45, 2.75) is 31.4 Å². The number of anilines is 1. The van der Waals surface area contributed by atoms with Crippen LogP contribution < -0.4 is 11.3 Å². The lowest BCUT2D eigenvalue weighted by Crippen LogP contribution is -2.51. The molecular weight excluding hydrogens is 242 g/mol. The molecule has 5 heteroatoms. The Morgan fingerprint density at radius 3 is 2.84 bits per heavy atom. The number of rotatable bonds is 2. The van der Waals surface area contributed by atoms with E-state index in [2.05, 4.69) is 5.43 Å². The fraction of sp³-hybridized carbons (Fsp3) is 0.500. The van der Waals surface area contributed by atoms with Gasteiger partial charge in [0, 0.05) is 17.8 Å². The second-order valence-corrected chi connectivity index (χ2v) is 5.13. The Bertz CT molecular complexity index is 460. The van der Waals surface area contributed by atoms with Crippen LogP contribution in [0, 0.1) is 0 Å². The first-order valence-electron chi connectivity index (χ1n) is 6.79. The normalized spacial score (nSPS) is 26.1. The summed E-state index contributed by atoms with van der Waals surface area (Å²) in [5, 5.41) is 0. The fourth-order valence-electron chi connectivity index (χ4n) is 3.05. The Balaban J connectivity index is 1.78. The molecule has 1 amide bonds. The van der Waals surface area contributed by atoms with Crippen LogP contribution >= 0.6 is 0 Å². The van der Waals surface area contributed by atoms with Crippen LogP contribution in [0.3, 0.4) is 0 Å². The number of hydrazine groups is 1. The molecule has 0 spiro atoms. The number of ether oxygens (including phenoxy) is 1. The molecule has 2 fully saturated rings. The zero-order valence-electron chi connectivity index (χ0n) is 10.8. The van der Waals surface area contributed by atoms with Crippen molar-refractivity contribution >= 4 is 11.6 Å². The third-order valence-electron chi connectivity index (χ3n) is 4.04. The van der Waals surface area contributed by atoms with E-state index in [9.17, 15) is 4.79 Å². The van der Waals surface area contributed by atoms with Crippen LogP contribution in [0.25, 0.3) is 0 Å². The van der Waals surface area contributed by atoms with Crippen molar-refractivity contribution in [2.75, 3.05) is 18.6 Å². The monoisotopic (exact) mass is 261 g/mol. The highest BCUT2D eigenvalue weighted by Gasteiger charge is 2.38. The molecule has 1 aromatic carbocycles. The summed E-state index contributed by atoms with van der Waals surface area (Å²) in [6, 6.07) is 7.53. The molecule has 0 bridgehead atoms. The molecule has 1 saturated carbocycles. The highest BCUT2D eigenvalue weighted by atomic mass is 16.5. The molecule has 2 atom stereocenters. The van der Waals surface area contributed by atoms with Crippen molar-refractivity contribution < 1.29 is 9.53 Å². The number of nitrogen functional groups attached to an aromatic ring is 1. The van der Waals surface area contributed by atoms with E-state index in [4.69, 9.17) is 10.6 Å². The number of amides is 1. The smallest absolute Gasteiger partial charge is 0.254 e. The molecule has 1 aliphatic carbocycles. The summed E-state index contributed by atoms with van der Waals surface area (Å²) in [5.41, 5.74) is 4.08. The second kappa shape index (κ2) is 5.19. The van der Waals surface area contributed by atoms with E-state index in [1.165, 1.54) is 0 Å². The molecule has 2 unspecified atom stereocenters. The number of carbonyl (C=O) groups is 1. The first-order valence-corrected chi connectivity index (χ1v) is 6.79. The average Bonchev–Trinajstić information content (AvgIpc) is 2.95. The van der Waals surface area contributed by atoms with Gasteiger partial charge in [0.25, 0.3) is 5.91 Å². The molecule has 1 aliphatic heterocycles. The van der Waals surface area contributed by atoms with Crippen LogP contribution in [-0.2, 0) is 4.74 Å². The first-order chi connectivity index (χ1) is 9.29. The third kappa shape index (κ3) is 2.31. The van der Waals surface area contributed by atoms with Crippen molar-refractivity contribution in [3.05, 3.63) is 29.8 Å². The van der Waals surface area contributed by atoms with Crippen molar-refractivity contribution in [3.63, 3.8) is 0 Å². The van der Waals surface area contributed by atoms with Gasteiger partial charge in [0.1, 0.15) is 0 Å². The second-order valence-electron chi connectivity index (χ2n) is 5.13. The lowest BCUT2D eigenvalue weighted by atomic mass is 10.1. The summed E-state index contributed by atoms with van der Waals surface area (Å²) in [6.07, 6.45) is 3.51. The zero-order valence-corrected chi connectivity index (χ0v) is 10.8. The number of hydrogen-bond donors (Lipinski definition) is 2. The number of hydrogen-bond acceptors (Lipinski definition) is 4. The molecular formula is C14H19N3O2. The van der Waals surface area contributed by atoms with Crippen molar-refractivity contribution in [1.29, 1.82) is 0 Å². The largest absolute Gasteiger partial charge is 0.374 e. The molecule has 0 radical (unpaired) electrons. The van der Waals surface area contributed by atoms with Gasteiger partial charge in [-0.15, -0.1) is 0 Å². The minimum absolute atomic E-state index is 0.101. The molecule has 1 saturated heterocycles. The standard InChI is InChI=1S/C14H19N3O2/c15-16-11-6-4-10(5-7-11)14(18)17-8-9-19-13-3-1-2-12(13)17/h4-7,12-13,16H,1-3,8-9,15H2. The average molecular weight is 261 g/mol. The van der Waals surface area contributed by atoms with Crippen LogP contribution in [0.2, 0.25) is 0 Å². The molecule has 102 valence electrons. The van der Waals surface area contributed by atoms with Crippen LogP contribution in [-0.4, -0.2) is 36.1 Å². The van der Waals surface area contributed by atoms with E-state index in [1.54, 1.807) is 0 Å². The summed E-state index contributed by atoms with van der Waals surface area (Å²) in [5.74, 6) is 5.43. The highest BCUT2D eigenvalue weighted by molar-refractivity contribution is 5.94.